The number of sulfonamides is 1. The lowest BCUT2D eigenvalue weighted by molar-refractivity contribution is -0.386. The Bertz CT molecular complexity index is 542. The molecule has 0 heterocycles. The summed E-state index contributed by atoms with van der Waals surface area (Å²) in [6, 6.07) is 1.79. The molecule has 1 aromatic carbocycles. The summed E-state index contributed by atoms with van der Waals surface area (Å²) in [5.74, 6) is -0.941. The highest BCUT2D eigenvalue weighted by Gasteiger charge is 2.25. The topological polar surface area (TPSA) is 110 Å². The van der Waals surface area contributed by atoms with Gasteiger partial charge in [-0.2, -0.15) is 0 Å². The number of nitrogens with one attached hydrogen (secondary N) is 1. The molecule has 0 aromatic heterocycles. The van der Waals surface area contributed by atoms with E-state index in [1.807, 2.05) is 4.72 Å². The molecule has 0 amide bonds. The van der Waals surface area contributed by atoms with E-state index < -0.39 is 31.3 Å². The first-order valence-corrected chi connectivity index (χ1v) is 5.76. The molecule has 0 aliphatic carbocycles. The smallest absolute Gasteiger partial charge is 0.313 e. The van der Waals surface area contributed by atoms with Crippen molar-refractivity contribution in [2.45, 2.75) is 4.90 Å². The second-order valence-corrected chi connectivity index (χ2v) is 5.03. The minimum Gasteiger partial charge on any atom is -0.501 e. The lowest BCUT2D eigenvalue weighted by Gasteiger charge is -2.05. The normalized spacial score (nSPS) is 11.4. The number of nitrogens with zero attached hydrogens (tertiary/aromatic N) is 1. The Balaban J connectivity index is 3.60. The van der Waals surface area contributed by atoms with Gasteiger partial charge in [-0.1, -0.05) is 11.6 Å². The van der Waals surface area contributed by atoms with E-state index in [2.05, 4.69) is 0 Å². The Hall–Kier alpha value is -1.38. The predicted octanol–water partition coefficient (Wildman–Crippen LogP) is 0.862. The van der Waals surface area contributed by atoms with Crippen LogP contribution in [0.15, 0.2) is 17.0 Å². The van der Waals surface area contributed by atoms with Crippen molar-refractivity contribution in [3.63, 3.8) is 0 Å². The Kier molecular flexibility index (Phi) is 3.36. The van der Waals surface area contributed by atoms with Crippen molar-refractivity contribution in [3.05, 3.63) is 27.3 Å². The molecule has 2 N–H and O–H groups in total. The van der Waals surface area contributed by atoms with Crippen molar-refractivity contribution >= 4 is 27.3 Å². The molecule has 0 atom stereocenters. The number of nitro groups is 1. The van der Waals surface area contributed by atoms with Gasteiger partial charge in [0.2, 0.25) is 15.8 Å². The number of benzene rings is 1. The molecule has 7 nitrogen and oxygen atoms in total. The highest BCUT2D eigenvalue weighted by molar-refractivity contribution is 7.89. The van der Waals surface area contributed by atoms with Gasteiger partial charge in [-0.05, 0) is 13.1 Å². The van der Waals surface area contributed by atoms with E-state index in [9.17, 15) is 23.6 Å². The first-order valence-electron chi connectivity index (χ1n) is 3.90. The average molecular weight is 267 g/mol. The summed E-state index contributed by atoms with van der Waals surface area (Å²) in [7, 11) is -2.88. The van der Waals surface area contributed by atoms with Gasteiger partial charge in [-0.15, -0.1) is 0 Å². The molecule has 0 spiro atoms. The molecule has 0 saturated heterocycles. The van der Waals surface area contributed by atoms with Crippen LogP contribution in [-0.2, 0) is 10.0 Å². The number of hydrogen-bond acceptors (Lipinski definition) is 5. The zero-order valence-electron chi connectivity index (χ0n) is 7.97. The summed E-state index contributed by atoms with van der Waals surface area (Å²) in [6.07, 6.45) is 0. The molecule has 0 fully saturated rings. The van der Waals surface area contributed by atoms with Crippen LogP contribution in [0, 0.1) is 10.1 Å². The monoisotopic (exact) mass is 266 g/mol. The van der Waals surface area contributed by atoms with Gasteiger partial charge in [0.1, 0.15) is 4.90 Å². The highest BCUT2D eigenvalue weighted by Crippen LogP contribution is 2.35. The molecule has 1 aromatic rings. The average Bonchev–Trinajstić information content (AvgIpc) is 2.20. The number of aromatic hydroxyl groups is 1. The van der Waals surface area contributed by atoms with E-state index in [0.717, 1.165) is 19.2 Å². The number of nitro benzene ring substituents is 1. The Morgan fingerprint density at radius 2 is 2.06 bits per heavy atom. The van der Waals surface area contributed by atoms with E-state index in [0.29, 0.717) is 0 Å². The minimum atomic E-state index is -4.00. The fourth-order valence-corrected chi connectivity index (χ4v) is 2.15. The van der Waals surface area contributed by atoms with Crippen LogP contribution >= 0.6 is 11.6 Å². The SMILES string of the molecule is CNS(=O)(=O)c1cc(Cl)cc([N+](=O)[O-])c1O. The molecule has 0 aliphatic rings. The summed E-state index contributed by atoms with van der Waals surface area (Å²) in [4.78, 5) is 8.96. The Morgan fingerprint density at radius 3 is 2.50 bits per heavy atom. The van der Waals surface area contributed by atoms with E-state index in [-0.39, 0.29) is 5.02 Å². The van der Waals surface area contributed by atoms with Crippen LogP contribution in [0.1, 0.15) is 0 Å². The van der Waals surface area contributed by atoms with E-state index >= 15 is 0 Å². The zero-order chi connectivity index (χ0) is 12.5. The maximum Gasteiger partial charge on any atom is 0.313 e. The largest absolute Gasteiger partial charge is 0.501 e. The molecule has 0 bridgehead atoms. The molecule has 0 radical (unpaired) electrons. The van der Waals surface area contributed by atoms with Crippen molar-refractivity contribution in [1.82, 2.24) is 4.72 Å². The van der Waals surface area contributed by atoms with Gasteiger partial charge in [-0.3, -0.25) is 10.1 Å². The summed E-state index contributed by atoms with van der Waals surface area (Å²) >= 11 is 5.52. The number of rotatable bonds is 3. The minimum absolute atomic E-state index is 0.154. The predicted molar refractivity (Wildman–Crippen MR) is 56.0 cm³/mol. The molecule has 0 unspecified atom stereocenters. The number of halogens is 1. The summed E-state index contributed by atoms with van der Waals surface area (Å²) in [5, 5.41) is 19.8. The van der Waals surface area contributed by atoms with Gasteiger partial charge in [0.25, 0.3) is 0 Å². The molecule has 16 heavy (non-hydrogen) atoms. The van der Waals surface area contributed by atoms with E-state index in [1.165, 1.54) is 0 Å². The van der Waals surface area contributed by atoms with Gasteiger partial charge >= 0.3 is 5.69 Å². The third kappa shape index (κ3) is 2.23. The zero-order valence-corrected chi connectivity index (χ0v) is 9.54. The number of phenolic OH excluding ortho intramolecular Hbond substituents is 1. The van der Waals surface area contributed by atoms with Crippen molar-refractivity contribution < 1.29 is 18.4 Å². The maximum atomic E-state index is 11.4. The first kappa shape index (κ1) is 12.7. The van der Waals surface area contributed by atoms with Crippen molar-refractivity contribution in [1.29, 1.82) is 0 Å². The van der Waals surface area contributed by atoms with Gasteiger partial charge in [0.15, 0.2) is 0 Å². The highest BCUT2D eigenvalue weighted by atomic mass is 35.5. The van der Waals surface area contributed by atoms with Crippen LogP contribution in [0.4, 0.5) is 5.69 Å². The Morgan fingerprint density at radius 1 is 1.50 bits per heavy atom. The number of hydrogen-bond donors (Lipinski definition) is 2. The van der Waals surface area contributed by atoms with E-state index in [4.69, 9.17) is 11.6 Å². The van der Waals surface area contributed by atoms with Gasteiger partial charge in [-0.25, -0.2) is 13.1 Å². The van der Waals surface area contributed by atoms with Crippen LogP contribution < -0.4 is 4.72 Å². The first-order chi connectivity index (χ1) is 7.29. The molecule has 0 saturated carbocycles. The van der Waals surface area contributed by atoms with Gasteiger partial charge < -0.3 is 5.11 Å². The van der Waals surface area contributed by atoms with Crippen molar-refractivity contribution in [3.8, 4) is 5.75 Å². The summed E-state index contributed by atoms with van der Waals surface area (Å²) < 4.78 is 24.7. The second-order valence-electron chi connectivity index (χ2n) is 2.74. The molecule has 88 valence electrons. The Labute approximate surface area is 95.9 Å². The third-order valence-corrected chi connectivity index (χ3v) is 3.42. The molecule has 1 rings (SSSR count). The summed E-state index contributed by atoms with van der Waals surface area (Å²) in [6.45, 7) is 0. The van der Waals surface area contributed by atoms with Crippen LogP contribution in [-0.4, -0.2) is 25.5 Å². The van der Waals surface area contributed by atoms with Crippen LogP contribution in [0.3, 0.4) is 0 Å². The lowest BCUT2D eigenvalue weighted by Crippen LogP contribution is -2.18. The quantitative estimate of drug-likeness (QED) is 0.623. The van der Waals surface area contributed by atoms with E-state index in [1.54, 1.807) is 0 Å². The molecular weight excluding hydrogens is 260 g/mol. The maximum absolute atomic E-state index is 11.4. The van der Waals surface area contributed by atoms with Gasteiger partial charge in [0.05, 0.1) is 4.92 Å². The number of phenols is 1. The molecule has 9 heteroatoms. The van der Waals surface area contributed by atoms with Crippen LogP contribution in [0.2, 0.25) is 5.02 Å². The third-order valence-electron chi connectivity index (χ3n) is 1.77. The molecular formula is C7H7ClN2O5S. The summed E-state index contributed by atoms with van der Waals surface area (Å²) in [5.41, 5.74) is -0.763. The van der Waals surface area contributed by atoms with Gasteiger partial charge in [0, 0.05) is 11.1 Å². The molecule has 0 aliphatic heterocycles. The van der Waals surface area contributed by atoms with Crippen molar-refractivity contribution in [2.75, 3.05) is 7.05 Å². The van der Waals surface area contributed by atoms with Crippen LogP contribution in [0.25, 0.3) is 0 Å². The second kappa shape index (κ2) is 4.24. The van der Waals surface area contributed by atoms with Crippen molar-refractivity contribution in [2.24, 2.45) is 0 Å². The fraction of sp³-hybridized carbons (Fsp3) is 0.143. The van der Waals surface area contributed by atoms with Crippen LogP contribution in [0.5, 0.6) is 5.75 Å². The fourth-order valence-electron chi connectivity index (χ4n) is 1.01. The standard InChI is InChI=1S/C7H7ClN2O5S/c1-9-16(14,15)6-3-4(8)2-5(7(6)11)10(12)13/h2-3,9,11H,1H3. The lowest BCUT2D eigenvalue weighted by atomic mass is 10.3.